The van der Waals surface area contributed by atoms with E-state index in [0.29, 0.717) is 0 Å². The first-order valence-electron chi connectivity index (χ1n) is 3.16. The number of amides is 1. The highest BCUT2D eigenvalue weighted by molar-refractivity contribution is 5.67. The molecule has 0 fully saturated rings. The molecule has 0 aliphatic rings. The molecule has 0 radical (unpaired) electrons. The molecule has 0 spiro atoms. The van der Waals surface area contributed by atoms with Gasteiger partial charge in [0, 0.05) is 5.92 Å². The van der Waals surface area contributed by atoms with Crippen LogP contribution in [0.2, 0.25) is 0 Å². The Labute approximate surface area is 64.1 Å². The highest BCUT2D eigenvalue weighted by atomic mass is 16.5. The third-order valence-electron chi connectivity index (χ3n) is 1.03. The largest absolute Gasteiger partial charge is 0.481 e. The molecule has 11 heavy (non-hydrogen) atoms. The zero-order valence-electron chi connectivity index (χ0n) is 6.24. The minimum atomic E-state index is -0.912. The lowest BCUT2D eigenvalue weighted by Crippen LogP contribution is -2.18. The maximum atomic E-state index is 10.1. The molecule has 3 N–H and O–H groups in total. The van der Waals surface area contributed by atoms with E-state index in [0.717, 1.165) is 0 Å². The summed E-state index contributed by atoms with van der Waals surface area (Å²) in [7, 11) is 0. The fourth-order valence-corrected chi connectivity index (χ4v) is 0.581. The van der Waals surface area contributed by atoms with E-state index in [1.165, 1.54) is 0 Å². The van der Waals surface area contributed by atoms with Crippen LogP contribution in [0.15, 0.2) is 0 Å². The monoisotopic (exact) mass is 161 g/mol. The van der Waals surface area contributed by atoms with Crippen LogP contribution in [0.3, 0.4) is 0 Å². The molecule has 0 aliphatic heterocycles. The van der Waals surface area contributed by atoms with Crippen LogP contribution in [0.4, 0.5) is 4.79 Å². The van der Waals surface area contributed by atoms with Gasteiger partial charge in [0.1, 0.15) is 0 Å². The number of primary amides is 1. The molecule has 1 atom stereocenters. The number of ether oxygens (including phenoxy) is 1. The molecule has 0 saturated heterocycles. The second-order valence-electron chi connectivity index (χ2n) is 2.33. The van der Waals surface area contributed by atoms with E-state index in [9.17, 15) is 9.59 Å². The van der Waals surface area contributed by atoms with E-state index in [1.807, 2.05) is 0 Å². The summed E-state index contributed by atoms with van der Waals surface area (Å²) in [6.45, 7) is 1.72. The van der Waals surface area contributed by atoms with Crippen molar-refractivity contribution in [2.24, 2.45) is 11.7 Å². The average molecular weight is 161 g/mol. The number of nitrogens with two attached hydrogens (primary N) is 1. The average Bonchev–Trinajstić information content (AvgIpc) is 1.82. The minimum Gasteiger partial charge on any atom is -0.481 e. The lowest BCUT2D eigenvalue weighted by molar-refractivity contribution is -0.138. The molecule has 0 aromatic heterocycles. The summed E-state index contributed by atoms with van der Waals surface area (Å²) in [5.74, 6) is -1.11. The summed E-state index contributed by atoms with van der Waals surface area (Å²) in [6, 6.07) is 0. The minimum absolute atomic E-state index is 0.0206. The Balaban J connectivity index is 3.44. The van der Waals surface area contributed by atoms with Crippen molar-refractivity contribution in [3.05, 3.63) is 0 Å². The molecule has 64 valence electrons. The first kappa shape index (κ1) is 9.74. The lowest BCUT2D eigenvalue weighted by atomic mass is 10.1. The third-order valence-corrected chi connectivity index (χ3v) is 1.03. The number of carbonyl (C=O) groups is 2. The molecular formula is C6H11NO4. The van der Waals surface area contributed by atoms with E-state index in [-0.39, 0.29) is 18.9 Å². The second-order valence-corrected chi connectivity index (χ2v) is 2.33. The standard InChI is InChI=1S/C6H11NO4/c1-4(2-5(8)9)3-11-6(7)10/h4H,2-3H2,1H3,(H2,7,10)(H,8,9). The van der Waals surface area contributed by atoms with Crippen LogP contribution >= 0.6 is 0 Å². The van der Waals surface area contributed by atoms with Crippen molar-refractivity contribution in [2.75, 3.05) is 6.61 Å². The van der Waals surface area contributed by atoms with Crippen molar-refractivity contribution in [1.29, 1.82) is 0 Å². The SMILES string of the molecule is CC(COC(N)=O)CC(=O)O. The number of carbonyl (C=O) groups excluding carboxylic acids is 1. The zero-order valence-corrected chi connectivity index (χ0v) is 6.24. The van der Waals surface area contributed by atoms with E-state index in [2.05, 4.69) is 10.5 Å². The Morgan fingerprint density at radius 3 is 2.55 bits per heavy atom. The van der Waals surface area contributed by atoms with Crippen molar-refractivity contribution in [2.45, 2.75) is 13.3 Å². The van der Waals surface area contributed by atoms with Gasteiger partial charge in [-0.25, -0.2) is 4.79 Å². The molecule has 5 heteroatoms. The molecular weight excluding hydrogens is 150 g/mol. The van der Waals surface area contributed by atoms with E-state index >= 15 is 0 Å². The fourth-order valence-electron chi connectivity index (χ4n) is 0.581. The summed E-state index contributed by atoms with van der Waals surface area (Å²) in [4.78, 5) is 20.1. The van der Waals surface area contributed by atoms with Gasteiger partial charge >= 0.3 is 12.1 Å². The first-order chi connectivity index (χ1) is 5.02. The van der Waals surface area contributed by atoms with Crippen LogP contribution in [0.1, 0.15) is 13.3 Å². The Hall–Kier alpha value is -1.26. The molecule has 1 unspecified atom stereocenters. The molecule has 0 saturated carbocycles. The summed E-state index contributed by atoms with van der Waals surface area (Å²) in [5, 5.41) is 8.28. The molecule has 0 rings (SSSR count). The summed E-state index contributed by atoms with van der Waals surface area (Å²) >= 11 is 0. The van der Waals surface area contributed by atoms with Crippen LogP contribution in [-0.2, 0) is 9.53 Å². The second kappa shape index (κ2) is 4.54. The quantitative estimate of drug-likeness (QED) is 0.616. The maximum Gasteiger partial charge on any atom is 0.404 e. The van der Waals surface area contributed by atoms with Gasteiger partial charge in [-0.3, -0.25) is 4.79 Å². The van der Waals surface area contributed by atoms with Crippen LogP contribution < -0.4 is 5.73 Å². The maximum absolute atomic E-state index is 10.1. The lowest BCUT2D eigenvalue weighted by Gasteiger charge is -2.06. The predicted octanol–water partition coefficient (Wildman–Crippen LogP) is 0.193. The fraction of sp³-hybridized carbons (Fsp3) is 0.667. The zero-order chi connectivity index (χ0) is 8.85. The highest BCUT2D eigenvalue weighted by Gasteiger charge is 2.08. The highest BCUT2D eigenvalue weighted by Crippen LogP contribution is 2.01. The Morgan fingerprint density at radius 2 is 2.18 bits per heavy atom. The molecule has 5 nitrogen and oxygen atoms in total. The Kier molecular flexibility index (Phi) is 4.02. The molecule has 0 aliphatic carbocycles. The Bertz CT molecular complexity index is 157. The topological polar surface area (TPSA) is 89.6 Å². The smallest absolute Gasteiger partial charge is 0.404 e. The number of carboxylic acid groups (broad SMARTS) is 1. The van der Waals surface area contributed by atoms with Crippen LogP contribution in [-0.4, -0.2) is 23.8 Å². The van der Waals surface area contributed by atoms with Crippen molar-refractivity contribution >= 4 is 12.1 Å². The number of rotatable bonds is 4. The van der Waals surface area contributed by atoms with Crippen molar-refractivity contribution in [1.82, 2.24) is 0 Å². The van der Waals surface area contributed by atoms with Crippen molar-refractivity contribution in [3.8, 4) is 0 Å². The number of aliphatic carboxylic acids is 1. The molecule has 0 aromatic rings. The predicted molar refractivity (Wildman–Crippen MR) is 37.0 cm³/mol. The number of hydrogen-bond acceptors (Lipinski definition) is 3. The number of hydrogen-bond donors (Lipinski definition) is 2. The van der Waals surface area contributed by atoms with Gasteiger partial charge in [-0.1, -0.05) is 6.92 Å². The first-order valence-corrected chi connectivity index (χ1v) is 3.16. The van der Waals surface area contributed by atoms with Crippen LogP contribution in [0, 0.1) is 5.92 Å². The van der Waals surface area contributed by atoms with Gasteiger partial charge in [0.2, 0.25) is 0 Å². The van der Waals surface area contributed by atoms with E-state index in [1.54, 1.807) is 6.92 Å². The molecule has 0 bridgehead atoms. The molecule has 0 heterocycles. The van der Waals surface area contributed by atoms with Gasteiger partial charge in [0.05, 0.1) is 13.0 Å². The van der Waals surface area contributed by atoms with Crippen LogP contribution in [0.5, 0.6) is 0 Å². The van der Waals surface area contributed by atoms with Gasteiger partial charge < -0.3 is 15.6 Å². The Morgan fingerprint density at radius 1 is 1.64 bits per heavy atom. The van der Waals surface area contributed by atoms with Gasteiger partial charge in [-0.15, -0.1) is 0 Å². The summed E-state index contributed by atoms with van der Waals surface area (Å²) in [5.41, 5.74) is 4.66. The van der Waals surface area contributed by atoms with Gasteiger partial charge in [0.25, 0.3) is 0 Å². The molecule has 1 amide bonds. The van der Waals surface area contributed by atoms with Crippen LogP contribution in [0.25, 0.3) is 0 Å². The van der Waals surface area contributed by atoms with E-state index in [4.69, 9.17) is 5.11 Å². The van der Waals surface area contributed by atoms with Crippen molar-refractivity contribution in [3.63, 3.8) is 0 Å². The number of carboxylic acids is 1. The summed E-state index contributed by atoms with van der Waals surface area (Å²) in [6.07, 6.45) is -0.893. The van der Waals surface area contributed by atoms with Crippen molar-refractivity contribution < 1.29 is 19.4 Å². The van der Waals surface area contributed by atoms with E-state index < -0.39 is 12.1 Å². The normalized spacial score (nSPS) is 12.1. The third kappa shape index (κ3) is 6.63. The summed E-state index contributed by atoms with van der Waals surface area (Å²) < 4.78 is 4.38. The molecule has 0 aromatic carbocycles. The van der Waals surface area contributed by atoms with Gasteiger partial charge in [-0.2, -0.15) is 0 Å². The van der Waals surface area contributed by atoms with Gasteiger partial charge in [0.15, 0.2) is 0 Å². The van der Waals surface area contributed by atoms with Gasteiger partial charge in [-0.05, 0) is 0 Å².